The van der Waals surface area contributed by atoms with Crippen LogP contribution >= 0.6 is 31.9 Å². The van der Waals surface area contributed by atoms with Crippen molar-refractivity contribution in [1.82, 2.24) is 4.90 Å². The zero-order valence-corrected chi connectivity index (χ0v) is 13.8. The average Bonchev–Trinajstić information content (AvgIpc) is 2.36. The second-order valence-corrected chi connectivity index (χ2v) is 6.32. The fraction of sp³-hybridized carbons (Fsp3) is 0.200. The fourth-order valence-corrected chi connectivity index (χ4v) is 3.30. The summed E-state index contributed by atoms with van der Waals surface area (Å²) in [6.07, 6.45) is 0. The number of halogens is 2. The van der Waals surface area contributed by atoms with Gasteiger partial charge in [0.25, 0.3) is 0 Å². The minimum absolute atomic E-state index is 0.308. The first-order chi connectivity index (χ1) is 9.06. The van der Waals surface area contributed by atoms with E-state index in [2.05, 4.69) is 48.9 Å². The second kappa shape index (κ2) is 6.55. The van der Waals surface area contributed by atoms with E-state index in [9.17, 15) is 5.11 Å². The molecule has 0 aliphatic heterocycles. The van der Waals surface area contributed by atoms with Crippen LogP contribution in [0, 0.1) is 0 Å². The molecular formula is C15H15Br2NO. The number of benzene rings is 2. The van der Waals surface area contributed by atoms with Crippen LogP contribution in [0.3, 0.4) is 0 Å². The van der Waals surface area contributed by atoms with Crippen molar-refractivity contribution < 1.29 is 5.11 Å². The van der Waals surface area contributed by atoms with Crippen LogP contribution in [0.2, 0.25) is 0 Å². The van der Waals surface area contributed by atoms with Gasteiger partial charge in [0.15, 0.2) is 0 Å². The fourth-order valence-electron chi connectivity index (χ4n) is 1.98. The van der Waals surface area contributed by atoms with Crippen molar-refractivity contribution in [2.24, 2.45) is 0 Å². The SMILES string of the molecule is CN(Cc1ccccc1)Cc1cc(Br)cc(Br)c1O. The lowest BCUT2D eigenvalue weighted by molar-refractivity contribution is 0.312. The third kappa shape index (κ3) is 4.06. The van der Waals surface area contributed by atoms with Gasteiger partial charge in [-0.25, -0.2) is 0 Å². The molecule has 0 unspecified atom stereocenters. The van der Waals surface area contributed by atoms with E-state index in [-0.39, 0.29) is 0 Å². The quantitative estimate of drug-likeness (QED) is 0.835. The number of aromatic hydroxyl groups is 1. The number of nitrogens with zero attached hydrogens (tertiary/aromatic N) is 1. The molecule has 1 N–H and O–H groups in total. The summed E-state index contributed by atoms with van der Waals surface area (Å²) < 4.78 is 1.67. The highest BCUT2D eigenvalue weighted by molar-refractivity contribution is 9.11. The van der Waals surface area contributed by atoms with Crippen molar-refractivity contribution in [2.45, 2.75) is 13.1 Å². The molecule has 0 heterocycles. The van der Waals surface area contributed by atoms with Gasteiger partial charge >= 0.3 is 0 Å². The Morgan fingerprint density at radius 2 is 1.74 bits per heavy atom. The van der Waals surface area contributed by atoms with E-state index in [1.54, 1.807) is 0 Å². The topological polar surface area (TPSA) is 23.5 Å². The molecular weight excluding hydrogens is 370 g/mol. The Morgan fingerprint density at radius 3 is 2.42 bits per heavy atom. The Kier molecular flexibility index (Phi) is 5.02. The Morgan fingerprint density at radius 1 is 1.05 bits per heavy atom. The largest absolute Gasteiger partial charge is 0.506 e. The van der Waals surface area contributed by atoms with E-state index >= 15 is 0 Å². The average molecular weight is 385 g/mol. The molecule has 0 saturated heterocycles. The number of phenolic OH excluding ortho intramolecular Hbond substituents is 1. The van der Waals surface area contributed by atoms with E-state index in [0.717, 1.165) is 16.6 Å². The molecule has 0 fully saturated rings. The van der Waals surface area contributed by atoms with Crippen molar-refractivity contribution in [3.05, 3.63) is 62.5 Å². The van der Waals surface area contributed by atoms with Gasteiger partial charge in [0.05, 0.1) is 4.47 Å². The molecule has 2 aromatic carbocycles. The lowest BCUT2D eigenvalue weighted by Crippen LogP contribution is -2.17. The minimum Gasteiger partial charge on any atom is -0.506 e. The molecule has 2 rings (SSSR count). The first-order valence-electron chi connectivity index (χ1n) is 5.95. The summed E-state index contributed by atoms with van der Waals surface area (Å²) in [7, 11) is 2.04. The van der Waals surface area contributed by atoms with E-state index in [4.69, 9.17) is 0 Å². The van der Waals surface area contributed by atoms with E-state index in [0.29, 0.717) is 16.8 Å². The van der Waals surface area contributed by atoms with Gasteiger partial charge in [-0.05, 0) is 40.7 Å². The van der Waals surface area contributed by atoms with Gasteiger partial charge in [-0.2, -0.15) is 0 Å². The van der Waals surface area contributed by atoms with E-state index in [1.165, 1.54) is 5.56 Å². The van der Waals surface area contributed by atoms with E-state index in [1.807, 2.05) is 37.4 Å². The standard InChI is InChI=1S/C15H15Br2NO/c1-18(9-11-5-3-2-4-6-11)10-12-7-13(16)8-14(17)15(12)19/h2-8,19H,9-10H2,1H3. The van der Waals surface area contributed by atoms with Gasteiger partial charge in [-0.3, -0.25) is 4.90 Å². The zero-order chi connectivity index (χ0) is 13.8. The molecule has 0 amide bonds. The second-order valence-electron chi connectivity index (χ2n) is 4.55. The predicted molar refractivity (Wildman–Crippen MR) is 85.1 cm³/mol. The lowest BCUT2D eigenvalue weighted by atomic mass is 10.1. The monoisotopic (exact) mass is 383 g/mol. The summed E-state index contributed by atoms with van der Waals surface area (Å²) in [5, 5.41) is 10.0. The summed E-state index contributed by atoms with van der Waals surface area (Å²) in [6.45, 7) is 1.54. The van der Waals surface area contributed by atoms with Crippen molar-refractivity contribution in [2.75, 3.05) is 7.05 Å². The summed E-state index contributed by atoms with van der Waals surface area (Å²) in [6, 6.07) is 14.1. The minimum atomic E-state index is 0.308. The van der Waals surface area contributed by atoms with Crippen LogP contribution in [0.1, 0.15) is 11.1 Å². The summed E-state index contributed by atoms with van der Waals surface area (Å²) in [4.78, 5) is 2.17. The molecule has 4 heteroatoms. The first kappa shape index (κ1) is 14.6. The van der Waals surface area contributed by atoms with Crippen LogP contribution in [-0.2, 0) is 13.1 Å². The van der Waals surface area contributed by atoms with Crippen molar-refractivity contribution in [3.8, 4) is 5.75 Å². The highest BCUT2D eigenvalue weighted by Crippen LogP contribution is 2.32. The maximum absolute atomic E-state index is 10.0. The molecule has 0 radical (unpaired) electrons. The maximum atomic E-state index is 10.0. The highest BCUT2D eigenvalue weighted by Gasteiger charge is 2.10. The molecule has 0 aliphatic carbocycles. The Labute approximate surface area is 130 Å². The normalized spacial score (nSPS) is 10.9. The third-order valence-electron chi connectivity index (χ3n) is 2.84. The van der Waals surface area contributed by atoms with Gasteiger partial charge in [-0.1, -0.05) is 46.3 Å². The Hall–Kier alpha value is -0.840. The van der Waals surface area contributed by atoms with Gasteiger partial charge in [-0.15, -0.1) is 0 Å². The van der Waals surface area contributed by atoms with Gasteiger partial charge < -0.3 is 5.11 Å². The third-order valence-corrected chi connectivity index (χ3v) is 3.91. The Bertz CT molecular complexity index is 558. The summed E-state index contributed by atoms with van der Waals surface area (Å²) in [5.74, 6) is 0.308. The molecule has 2 aromatic rings. The predicted octanol–water partition coefficient (Wildman–Crippen LogP) is 4.55. The number of hydrogen-bond acceptors (Lipinski definition) is 2. The van der Waals surface area contributed by atoms with Crippen LogP contribution < -0.4 is 0 Å². The van der Waals surface area contributed by atoms with Crippen molar-refractivity contribution >= 4 is 31.9 Å². The molecule has 0 atom stereocenters. The van der Waals surface area contributed by atoms with Crippen molar-refractivity contribution in [3.63, 3.8) is 0 Å². The summed E-state index contributed by atoms with van der Waals surface area (Å²) >= 11 is 6.80. The molecule has 2 nitrogen and oxygen atoms in total. The lowest BCUT2D eigenvalue weighted by Gasteiger charge is -2.18. The number of phenols is 1. The zero-order valence-electron chi connectivity index (χ0n) is 10.6. The van der Waals surface area contributed by atoms with Crippen LogP contribution in [0.25, 0.3) is 0 Å². The smallest absolute Gasteiger partial charge is 0.134 e. The van der Waals surface area contributed by atoms with Crippen LogP contribution in [0.4, 0.5) is 0 Å². The summed E-state index contributed by atoms with van der Waals surface area (Å²) in [5.41, 5.74) is 2.17. The molecule has 0 bridgehead atoms. The molecule has 100 valence electrons. The molecule has 0 aromatic heterocycles. The maximum Gasteiger partial charge on any atom is 0.134 e. The van der Waals surface area contributed by atoms with Crippen LogP contribution in [0.15, 0.2) is 51.4 Å². The van der Waals surface area contributed by atoms with Gasteiger partial charge in [0.1, 0.15) is 5.75 Å². The molecule has 0 aliphatic rings. The van der Waals surface area contributed by atoms with Crippen LogP contribution in [-0.4, -0.2) is 17.1 Å². The molecule has 0 spiro atoms. The van der Waals surface area contributed by atoms with Crippen LogP contribution in [0.5, 0.6) is 5.75 Å². The number of hydrogen-bond donors (Lipinski definition) is 1. The molecule has 0 saturated carbocycles. The van der Waals surface area contributed by atoms with Gasteiger partial charge in [0, 0.05) is 23.1 Å². The van der Waals surface area contributed by atoms with E-state index < -0.39 is 0 Å². The highest BCUT2D eigenvalue weighted by atomic mass is 79.9. The van der Waals surface area contributed by atoms with Gasteiger partial charge in [0.2, 0.25) is 0 Å². The first-order valence-corrected chi connectivity index (χ1v) is 7.54. The number of rotatable bonds is 4. The Balaban J connectivity index is 2.09. The van der Waals surface area contributed by atoms with Crippen molar-refractivity contribution in [1.29, 1.82) is 0 Å². The molecule has 19 heavy (non-hydrogen) atoms.